The fourth-order valence-corrected chi connectivity index (χ4v) is 2.83. The third kappa shape index (κ3) is 3.11. The van der Waals surface area contributed by atoms with Crippen molar-refractivity contribution in [3.63, 3.8) is 0 Å². The highest BCUT2D eigenvalue weighted by molar-refractivity contribution is 5.33. The Balaban J connectivity index is 1.75. The van der Waals surface area contributed by atoms with E-state index >= 15 is 0 Å². The van der Waals surface area contributed by atoms with Gasteiger partial charge < -0.3 is 9.88 Å². The van der Waals surface area contributed by atoms with Gasteiger partial charge in [-0.25, -0.2) is 4.98 Å². The molecule has 0 spiro atoms. The topological polar surface area (TPSA) is 73.0 Å². The van der Waals surface area contributed by atoms with Crippen molar-refractivity contribution in [2.24, 2.45) is 0 Å². The summed E-state index contributed by atoms with van der Waals surface area (Å²) in [5.41, 5.74) is 2.41. The normalized spacial score (nSPS) is 18.6. The van der Waals surface area contributed by atoms with Crippen molar-refractivity contribution < 1.29 is 4.92 Å². The summed E-state index contributed by atoms with van der Waals surface area (Å²) in [6.07, 6.45) is 6.14. The minimum atomic E-state index is -0.375. The summed E-state index contributed by atoms with van der Waals surface area (Å²) in [6.45, 7) is 2.78. The zero-order chi connectivity index (χ0) is 14.7. The molecule has 0 amide bonds. The van der Waals surface area contributed by atoms with E-state index in [0.717, 1.165) is 18.7 Å². The van der Waals surface area contributed by atoms with Crippen molar-refractivity contribution in [1.29, 1.82) is 0 Å². The van der Waals surface area contributed by atoms with Gasteiger partial charge in [-0.3, -0.25) is 10.1 Å². The number of aromatic nitrogens is 2. The van der Waals surface area contributed by atoms with Gasteiger partial charge in [0.2, 0.25) is 0 Å². The lowest BCUT2D eigenvalue weighted by Gasteiger charge is -2.23. The van der Waals surface area contributed by atoms with Gasteiger partial charge in [0.05, 0.1) is 11.3 Å². The van der Waals surface area contributed by atoms with E-state index in [1.807, 2.05) is 12.5 Å². The smallest absolute Gasteiger partial charge is 0.269 e. The van der Waals surface area contributed by atoms with E-state index < -0.39 is 0 Å². The summed E-state index contributed by atoms with van der Waals surface area (Å²) in [6, 6.07) is 6.71. The van der Waals surface area contributed by atoms with E-state index in [1.54, 1.807) is 24.3 Å². The fourth-order valence-electron chi connectivity index (χ4n) is 2.83. The highest BCUT2D eigenvalue weighted by Gasteiger charge is 2.18. The Morgan fingerprint density at radius 3 is 2.86 bits per heavy atom. The second-order valence-corrected chi connectivity index (χ2v) is 5.41. The van der Waals surface area contributed by atoms with Crippen molar-refractivity contribution in [3.8, 4) is 0 Å². The molecule has 1 fully saturated rings. The molecule has 2 aromatic rings. The predicted molar refractivity (Wildman–Crippen MR) is 79.3 cm³/mol. The largest absolute Gasteiger partial charge is 0.330 e. The minimum Gasteiger partial charge on any atom is -0.330 e. The number of nitro groups is 1. The fraction of sp³-hybridized carbons (Fsp3) is 0.400. The number of piperidine rings is 1. The van der Waals surface area contributed by atoms with Crippen LogP contribution in [0.5, 0.6) is 0 Å². The van der Waals surface area contributed by atoms with Crippen LogP contribution in [0.4, 0.5) is 5.69 Å². The van der Waals surface area contributed by atoms with Crippen LogP contribution < -0.4 is 5.32 Å². The molecule has 1 aromatic heterocycles. The summed E-state index contributed by atoms with van der Waals surface area (Å²) < 4.78 is 2.14. The summed E-state index contributed by atoms with van der Waals surface area (Å²) in [4.78, 5) is 14.6. The van der Waals surface area contributed by atoms with E-state index in [9.17, 15) is 10.1 Å². The quantitative estimate of drug-likeness (QED) is 0.691. The zero-order valence-electron chi connectivity index (χ0n) is 11.7. The van der Waals surface area contributed by atoms with Crippen molar-refractivity contribution in [2.75, 3.05) is 13.1 Å². The highest BCUT2D eigenvalue weighted by atomic mass is 16.6. The van der Waals surface area contributed by atoms with Crippen molar-refractivity contribution in [3.05, 3.63) is 58.2 Å². The molecule has 3 rings (SSSR count). The number of nitrogens with zero attached hydrogens (tertiary/aromatic N) is 3. The summed E-state index contributed by atoms with van der Waals surface area (Å²) in [7, 11) is 0. The van der Waals surface area contributed by atoms with Crippen molar-refractivity contribution >= 4 is 5.69 Å². The van der Waals surface area contributed by atoms with Crippen LogP contribution in [-0.4, -0.2) is 27.6 Å². The molecule has 110 valence electrons. The first-order chi connectivity index (χ1) is 10.2. The third-order valence-corrected chi connectivity index (χ3v) is 3.96. The lowest BCUT2D eigenvalue weighted by Crippen LogP contribution is -2.29. The monoisotopic (exact) mass is 286 g/mol. The summed E-state index contributed by atoms with van der Waals surface area (Å²) in [5.74, 6) is 0.499. The second kappa shape index (κ2) is 6.05. The van der Waals surface area contributed by atoms with Gasteiger partial charge in [-0.2, -0.15) is 0 Å². The van der Waals surface area contributed by atoms with E-state index in [0.29, 0.717) is 12.5 Å². The molecule has 1 aromatic carbocycles. The van der Waals surface area contributed by atoms with Gasteiger partial charge in [-0.15, -0.1) is 0 Å². The Morgan fingerprint density at radius 2 is 2.19 bits per heavy atom. The molecule has 1 unspecified atom stereocenters. The van der Waals surface area contributed by atoms with Crippen LogP contribution in [0.3, 0.4) is 0 Å². The molecule has 0 bridgehead atoms. The van der Waals surface area contributed by atoms with Gasteiger partial charge in [0.25, 0.3) is 5.69 Å². The molecule has 1 aliphatic heterocycles. The van der Waals surface area contributed by atoms with E-state index in [-0.39, 0.29) is 10.6 Å². The molecule has 0 saturated carbocycles. The average molecular weight is 286 g/mol. The predicted octanol–water partition coefficient (Wildman–Crippen LogP) is 2.31. The van der Waals surface area contributed by atoms with E-state index in [4.69, 9.17) is 0 Å². The van der Waals surface area contributed by atoms with Gasteiger partial charge in [0, 0.05) is 43.0 Å². The first-order valence-corrected chi connectivity index (χ1v) is 7.18. The molecule has 6 nitrogen and oxygen atoms in total. The first kappa shape index (κ1) is 13.8. The van der Waals surface area contributed by atoms with Crippen molar-refractivity contribution in [2.45, 2.75) is 25.3 Å². The van der Waals surface area contributed by atoms with Crippen LogP contribution in [0.2, 0.25) is 0 Å². The maximum atomic E-state index is 10.7. The summed E-state index contributed by atoms with van der Waals surface area (Å²) in [5, 5.41) is 14.1. The minimum absolute atomic E-state index is 0.126. The Labute approximate surface area is 123 Å². The molecular formula is C15H18N4O2. The maximum Gasteiger partial charge on any atom is 0.269 e. The molecular weight excluding hydrogens is 268 g/mol. The first-order valence-electron chi connectivity index (χ1n) is 7.18. The molecule has 0 radical (unpaired) electrons. The number of rotatable bonds is 4. The molecule has 1 atom stereocenters. The number of benzene rings is 1. The molecule has 1 N–H and O–H groups in total. The molecule has 2 heterocycles. The second-order valence-electron chi connectivity index (χ2n) is 5.41. The van der Waals surface area contributed by atoms with Crippen LogP contribution in [0, 0.1) is 10.1 Å². The number of hydrogen-bond donors (Lipinski definition) is 1. The number of imidazole rings is 1. The molecule has 6 heteroatoms. The van der Waals surface area contributed by atoms with E-state index in [1.165, 1.54) is 18.5 Å². The average Bonchev–Trinajstić information content (AvgIpc) is 2.97. The van der Waals surface area contributed by atoms with Gasteiger partial charge >= 0.3 is 0 Å². The van der Waals surface area contributed by atoms with Crippen LogP contribution in [0.15, 0.2) is 36.8 Å². The molecule has 1 saturated heterocycles. The third-order valence-electron chi connectivity index (χ3n) is 3.96. The Kier molecular flexibility index (Phi) is 3.96. The van der Waals surface area contributed by atoms with Crippen LogP contribution in [0.1, 0.15) is 30.0 Å². The Hall–Kier alpha value is -2.21. The highest BCUT2D eigenvalue weighted by Crippen LogP contribution is 2.23. The van der Waals surface area contributed by atoms with Crippen LogP contribution >= 0.6 is 0 Å². The van der Waals surface area contributed by atoms with Crippen LogP contribution in [0.25, 0.3) is 0 Å². The van der Waals surface area contributed by atoms with Gasteiger partial charge in [-0.05, 0) is 24.9 Å². The standard InChI is InChI=1S/C15H18N4O2/c20-19(21)14-5-3-12(4-6-14)10-18-11-17-9-15(18)13-2-1-7-16-8-13/h3-6,9,11,13,16H,1-2,7-8,10H2. The lowest BCUT2D eigenvalue weighted by molar-refractivity contribution is -0.384. The SMILES string of the molecule is O=[N+]([O-])c1ccc(Cn2cncc2C2CCCNC2)cc1. The molecule has 1 aliphatic rings. The number of nitrogens with one attached hydrogen (secondary N) is 1. The van der Waals surface area contributed by atoms with Crippen LogP contribution in [-0.2, 0) is 6.54 Å². The summed E-state index contributed by atoms with van der Waals surface area (Å²) >= 11 is 0. The maximum absolute atomic E-state index is 10.7. The lowest BCUT2D eigenvalue weighted by atomic mass is 9.96. The Bertz CT molecular complexity index is 615. The molecule has 21 heavy (non-hydrogen) atoms. The van der Waals surface area contributed by atoms with Gasteiger partial charge in [0.15, 0.2) is 0 Å². The van der Waals surface area contributed by atoms with Gasteiger partial charge in [-0.1, -0.05) is 12.1 Å². The van der Waals surface area contributed by atoms with Gasteiger partial charge in [0.1, 0.15) is 0 Å². The van der Waals surface area contributed by atoms with E-state index in [2.05, 4.69) is 14.9 Å². The zero-order valence-corrected chi connectivity index (χ0v) is 11.7. The van der Waals surface area contributed by atoms with Crippen molar-refractivity contribution in [1.82, 2.24) is 14.9 Å². The Morgan fingerprint density at radius 1 is 1.38 bits per heavy atom. The number of hydrogen-bond acceptors (Lipinski definition) is 4. The number of non-ortho nitro benzene ring substituents is 1. The molecule has 0 aliphatic carbocycles. The number of nitro benzene ring substituents is 1.